The zero-order valence-corrected chi connectivity index (χ0v) is 14.6. The molecule has 2 rings (SSSR count). The highest BCUT2D eigenvalue weighted by molar-refractivity contribution is 4.91. The van der Waals surface area contributed by atoms with Crippen molar-refractivity contribution in [2.24, 2.45) is 5.92 Å². The second-order valence-electron chi connectivity index (χ2n) is 6.98. The predicted molar refractivity (Wildman–Crippen MR) is 88.0 cm³/mol. The molecule has 0 bridgehead atoms. The van der Waals surface area contributed by atoms with E-state index in [1.807, 2.05) is 0 Å². The summed E-state index contributed by atoms with van der Waals surface area (Å²) in [6, 6.07) is -0.278. The number of unbranched alkanes of at least 4 members (excludes halogenated alkanes) is 1. The minimum absolute atomic E-state index is 0.129. The molecule has 9 atom stereocenters. The van der Waals surface area contributed by atoms with E-state index in [1.165, 1.54) is 0 Å². The molecule has 2 heterocycles. The van der Waals surface area contributed by atoms with E-state index in [9.17, 15) is 30.6 Å². The quantitative estimate of drug-likeness (QED) is 0.195. The van der Waals surface area contributed by atoms with Crippen LogP contribution in [0.1, 0.15) is 19.3 Å². The fourth-order valence-corrected chi connectivity index (χ4v) is 3.53. The molecule has 1 unspecified atom stereocenters. The van der Waals surface area contributed by atoms with E-state index in [4.69, 9.17) is 14.6 Å². The van der Waals surface area contributed by atoms with Crippen LogP contribution in [0.3, 0.4) is 0 Å². The Labute approximate surface area is 152 Å². The van der Waals surface area contributed by atoms with Crippen LogP contribution in [-0.2, 0) is 9.47 Å². The minimum atomic E-state index is -1.47. The van der Waals surface area contributed by atoms with Crippen molar-refractivity contribution in [3.05, 3.63) is 0 Å². The molecule has 10 nitrogen and oxygen atoms in total. The van der Waals surface area contributed by atoms with Crippen LogP contribution in [0.15, 0.2) is 0 Å². The van der Waals surface area contributed by atoms with Crippen molar-refractivity contribution in [3.8, 4) is 0 Å². The SMILES string of the molecule is OC[C@H]1NC[C@H](O)[C@@H](O)C1CCCCO[C@H]1O[C@H](CO)[C@@H](O)[C@H](O)[C@H]1O. The summed E-state index contributed by atoms with van der Waals surface area (Å²) in [4.78, 5) is 0. The number of aliphatic hydroxyl groups is 7. The molecule has 0 spiro atoms. The number of nitrogens with one attached hydrogen (secondary N) is 1. The molecule has 0 radical (unpaired) electrons. The Hall–Kier alpha value is -0.400. The lowest BCUT2D eigenvalue weighted by Crippen LogP contribution is -2.59. The standard InChI is InChI=1S/C16H31NO9/c18-6-9-8(12(21)10(20)5-17-9)3-1-2-4-25-16-15(24)14(23)13(22)11(7-19)26-16/h8-24H,1-7H2/t8?,9-,10+,11-,12+,13-,14+,15-,16+/m1/s1. The van der Waals surface area contributed by atoms with E-state index in [0.717, 1.165) is 0 Å². The number of aliphatic hydroxyl groups excluding tert-OH is 7. The van der Waals surface area contributed by atoms with Crippen LogP contribution in [0, 0.1) is 5.92 Å². The first-order chi connectivity index (χ1) is 12.4. The number of ether oxygens (including phenoxy) is 2. The first-order valence-electron chi connectivity index (χ1n) is 9.03. The summed E-state index contributed by atoms with van der Waals surface area (Å²) in [5.41, 5.74) is 0. The van der Waals surface area contributed by atoms with Crippen molar-refractivity contribution in [2.45, 2.75) is 68.2 Å². The van der Waals surface area contributed by atoms with E-state index in [2.05, 4.69) is 5.32 Å². The first-order valence-corrected chi connectivity index (χ1v) is 9.03. The maximum Gasteiger partial charge on any atom is 0.186 e. The first kappa shape index (κ1) is 21.9. The van der Waals surface area contributed by atoms with Gasteiger partial charge in [0.15, 0.2) is 6.29 Å². The summed E-state index contributed by atoms with van der Waals surface area (Å²) in [7, 11) is 0. The Morgan fingerprint density at radius 2 is 1.62 bits per heavy atom. The lowest BCUT2D eigenvalue weighted by molar-refractivity contribution is -0.301. The third-order valence-electron chi connectivity index (χ3n) is 5.20. The van der Waals surface area contributed by atoms with Gasteiger partial charge in [0, 0.05) is 25.1 Å². The van der Waals surface area contributed by atoms with Gasteiger partial charge in [-0.15, -0.1) is 0 Å². The van der Waals surface area contributed by atoms with Gasteiger partial charge in [0.2, 0.25) is 0 Å². The van der Waals surface area contributed by atoms with Gasteiger partial charge in [0.05, 0.1) is 25.4 Å². The van der Waals surface area contributed by atoms with Gasteiger partial charge >= 0.3 is 0 Å². The van der Waals surface area contributed by atoms with E-state index < -0.39 is 49.5 Å². The van der Waals surface area contributed by atoms with Gasteiger partial charge in [0.1, 0.15) is 24.4 Å². The maximum atomic E-state index is 10.1. The summed E-state index contributed by atoms with van der Waals surface area (Å²) in [6.45, 7) is -0.202. The van der Waals surface area contributed by atoms with Crippen LogP contribution in [-0.4, -0.2) is 111 Å². The second-order valence-corrected chi connectivity index (χ2v) is 6.98. The molecule has 2 aliphatic rings. The second kappa shape index (κ2) is 10.2. The van der Waals surface area contributed by atoms with Crippen molar-refractivity contribution in [1.82, 2.24) is 5.32 Å². The van der Waals surface area contributed by atoms with Gasteiger partial charge in [-0.05, 0) is 12.8 Å². The molecule has 0 saturated carbocycles. The summed E-state index contributed by atoms with van der Waals surface area (Å²) in [5, 5.41) is 70.6. The smallest absolute Gasteiger partial charge is 0.186 e. The Balaban J connectivity index is 1.72. The molecular weight excluding hydrogens is 350 g/mol. The molecule has 10 heteroatoms. The van der Waals surface area contributed by atoms with E-state index in [0.29, 0.717) is 19.3 Å². The summed E-state index contributed by atoms with van der Waals surface area (Å²) in [5.74, 6) is -0.281. The fourth-order valence-electron chi connectivity index (χ4n) is 3.53. The molecule has 8 N–H and O–H groups in total. The highest BCUT2D eigenvalue weighted by atomic mass is 16.7. The average Bonchev–Trinajstić information content (AvgIpc) is 2.64. The monoisotopic (exact) mass is 381 g/mol. The largest absolute Gasteiger partial charge is 0.395 e. The maximum absolute atomic E-state index is 10.1. The number of hydrogen-bond donors (Lipinski definition) is 8. The van der Waals surface area contributed by atoms with Crippen LogP contribution in [0.5, 0.6) is 0 Å². The topological polar surface area (TPSA) is 172 Å². The van der Waals surface area contributed by atoms with Crippen molar-refractivity contribution in [2.75, 3.05) is 26.4 Å². The molecule has 0 aromatic rings. The Morgan fingerprint density at radius 3 is 2.27 bits per heavy atom. The average molecular weight is 381 g/mol. The normalized spacial score (nSPS) is 44.2. The van der Waals surface area contributed by atoms with Crippen LogP contribution < -0.4 is 5.32 Å². The lowest BCUT2D eigenvalue weighted by Gasteiger charge is -2.39. The van der Waals surface area contributed by atoms with Gasteiger partial charge in [-0.2, -0.15) is 0 Å². The van der Waals surface area contributed by atoms with Gasteiger partial charge in [-0.1, -0.05) is 6.42 Å². The van der Waals surface area contributed by atoms with Crippen LogP contribution >= 0.6 is 0 Å². The summed E-state index contributed by atoms with van der Waals surface area (Å²) < 4.78 is 10.6. The van der Waals surface area contributed by atoms with Crippen LogP contribution in [0.2, 0.25) is 0 Å². The molecule has 0 aliphatic carbocycles. The molecule has 0 amide bonds. The van der Waals surface area contributed by atoms with Crippen LogP contribution in [0.25, 0.3) is 0 Å². The van der Waals surface area contributed by atoms with Crippen molar-refractivity contribution in [1.29, 1.82) is 0 Å². The zero-order chi connectivity index (χ0) is 19.3. The Morgan fingerprint density at radius 1 is 0.885 bits per heavy atom. The zero-order valence-electron chi connectivity index (χ0n) is 14.6. The minimum Gasteiger partial charge on any atom is -0.395 e. The van der Waals surface area contributed by atoms with Gasteiger partial charge in [-0.3, -0.25) is 0 Å². The molecule has 154 valence electrons. The third-order valence-corrected chi connectivity index (χ3v) is 5.20. The van der Waals surface area contributed by atoms with Gasteiger partial charge in [-0.25, -0.2) is 0 Å². The van der Waals surface area contributed by atoms with Crippen molar-refractivity contribution < 1.29 is 45.2 Å². The van der Waals surface area contributed by atoms with E-state index in [-0.39, 0.29) is 31.7 Å². The fraction of sp³-hybridized carbons (Fsp3) is 1.00. The Kier molecular flexibility index (Phi) is 8.61. The highest BCUT2D eigenvalue weighted by Crippen LogP contribution is 2.25. The van der Waals surface area contributed by atoms with E-state index in [1.54, 1.807) is 0 Å². The van der Waals surface area contributed by atoms with Gasteiger partial charge in [0.25, 0.3) is 0 Å². The summed E-state index contributed by atoms with van der Waals surface area (Å²) >= 11 is 0. The predicted octanol–water partition coefficient (Wildman–Crippen LogP) is -3.72. The number of piperidine rings is 1. The number of β-amino-alcohol motifs (C(OH)–C–C–N with tert-alkyl or cyclic N) is 1. The molecule has 0 aromatic carbocycles. The number of rotatable bonds is 8. The third kappa shape index (κ3) is 5.10. The molecule has 0 aromatic heterocycles. The summed E-state index contributed by atoms with van der Waals surface area (Å²) in [6.07, 6.45) is -6.48. The van der Waals surface area contributed by atoms with Crippen molar-refractivity contribution >= 4 is 0 Å². The molecular formula is C16H31NO9. The molecule has 2 fully saturated rings. The molecule has 2 aliphatic heterocycles. The van der Waals surface area contributed by atoms with Crippen molar-refractivity contribution in [3.63, 3.8) is 0 Å². The lowest BCUT2D eigenvalue weighted by atomic mass is 9.83. The van der Waals surface area contributed by atoms with Crippen LogP contribution in [0.4, 0.5) is 0 Å². The number of hydrogen-bond acceptors (Lipinski definition) is 10. The molecule has 26 heavy (non-hydrogen) atoms. The highest BCUT2D eigenvalue weighted by Gasteiger charge is 2.44. The molecule has 2 saturated heterocycles. The van der Waals surface area contributed by atoms with Gasteiger partial charge < -0.3 is 50.5 Å². The van der Waals surface area contributed by atoms with E-state index >= 15 is 0 Å². The Bertz CT molecular complexity index is 411.